The van der Waals surface area contributed by atoms with Gasteiger partial charge in [-0.25, -0.2) is 0 Å². The summed E-state index contributed by atoms with van der Waals surface area (Å²) in [4.78, 5) is 28.7. The highest BCUT2D eigenvalue weighted by atomic mass is 16.3. The van der Waals surface area contributed by atoms with Crippen LogP contribution >= 0.6 is 0 Å². The van der Waals surface area contributed by atoms with Gasteiger partial charge in [0.2, 0.25) is 11.8 Å². The maximum atomic E-state index is 12.9. The zero-order chi connectivity index (χ0) is 18.1. The van der Waals surface area contributed by atoms with Crippen molar-refractivity contribution in [2.75, 3.05) is 31.1 Å². The quantitative estimate of drug-likeness (QED) is 0.915. The number of carbonyl (C=O) groups excluding carboxylic acids is 2. The second-order valence-corrected chi connectivity index (χ2v) is 7.24. The van der Waals surface area contributed by atoms with Crippen LogP contribution in [0.3, 0.4) is 0 Å². The topological polar surface area (TPSA) is 60.9 Å². The summed E-state index contributed by atoms with van der Waals surface area (Å²) in [6.07, 6.45) is 0.252. The van der Waals surface area contributed by atoms with Gasteiger partial charge in [0, 0.05) is 31.7 Å². The number of nitrogens with zero attached hydrogens (tertiary/aromatic N) is 2. The van der Waals surface area contributed by atoms with Gasteiger partial charge in [0.15, 0.2) is 0 Å². The van der Waals surface area contributed by atoms with Crippen LogP contribution in [0, 0.1) is 5.92 Å². The number of amides is 2. The van der Waals surface area contributed by atoms with E-state index in [1.54, 1.807) is 9.80 Å². The number of likely N-dealkylation sites (tertiary alicyclic amines) is 1. The molecule has 0 saturated carbocycles. The molecule has 2 heterocycles. The van der Waals surface area contributed by atoms with E-state index in [0.717, 1.165) is 11.3 Å². The standard InChI is InChI=1S/C21H22N2O3/c24-15-21(17-7-3-1-4-8-17)13-22(14-21)20(26)16-11-19(25)23(12-16)18-9-5-2-6-10-18/h1-10,16,24H,11-15H2. The van der Waals surface area contributed by atoms with E-state index >= 15 is 0 Å². The Morgan fingerprint density at radius 1 is 1.04 bits per heavy atom. The Kier molecular flexibility index (Phi) is 4.24. The van der Waals surface area contributed by atoms with Crippen LogP contribution < -0.4 is 4.90 Å². The van der Waals surface area contributed by atoms with E-state index in [4.69, 9.17) is 0 Å². The highest BCUT2D eigenvalue weighted by Gasteiger charge is 2.48. The van der Waals surface area contributed by atoms with Crippen LogP contribution in [0.15, 0.2) is 60.7 Å². The molecule has 2 aromatic carbocycles. The van der Waals surface area contributed by atoms with Gasteiger partial charge in [-0.3, -0.25) is 9.59 Å². The van der Waals surface area contributed by atoms with Crippen LogP contribution in [-0.4, -0.2) is 48.1 Å². The highest BCUT2D eigenvalue weighted by molar-refractivity contribution is 6.00. The van der Waals surface area contributed by atoms with Crippen LogP contribution in [0.1, 0.15) is 12.0 Å². The number of rotatable bonds is 4. The molecule has 2 saturated heterocycles. The number of para-hydroxylation sites is 1. The lowest BCUT2D eigenvalue weighted by Gasteiger charge is -2.50. The van der Waals surface area contributed by atoms with Crippen molar-refractivity contribution >= 4 is 17.5 Å². The van der Waals surface area contributed by atoms with Crippen molar-refractivity contribution in [2.24, 2.45) is 5.92 Å². The van der Waals surface area contributed by atoms with E-state index < -0.39 is 0 Å². The molecule has 5 heteroatoms. The predicted octanol–water partition coefficient (Wildman–Crippen LogP) is 1.81. The van der Waals surface area contributed by atoms with Gasteiger partial charge < -0.3 is 14.9 Å². The minimum Gasteiger partial charge on any atom is -0.395 e. The van der Waals surface area contributed by atoms with E-state index in [2.05, 4.69) is 0 Å². The van der Waals surface area contributed by atoms with E-state index in [9.17, 15) is 14.7 Å². The van der Waals surface area contributed by atoms with Gasteiger partial charge in [-0.15, -0.1) is 0 Å². The molecule has 1 N–H and O–H groups in total. The molecule has 2 amide bonds. The molecule has 0 spiro atoms. The number of anilines is 1. The van der Waals surface area contributed by atoms with Gasteiger partial charge in [0.25, 0.3) is 0 Å². The number of hydrogen-bond acceptors (Lipinski definition) is 3. The minimum absolute atomic E-state index is 0.00782. The molecule has 2 fully saturated rings. The van der Waals surface area contributed by atoms with Crippen LogP contribution in [0.5, 0.6) is 0 Å². The summed E-state index contributed by atoms with van der Waals surface area (Å²) >= 11 is 0. The zero-order valence-electron chi connectivity index (χ0n) is 14.5. The Bertz CT molecular complexity index is 801. The molecule has 134 valence electrons. The molecule has 5 nitrogen and oxygen atoms in total. The fraction of sp³-hybridized carbons (Fsp3) is 0.333. The van der Waals surface area contributed by atoms with Gasteiger partial charge in [0.05, 0.1) is 17.9 Å². The third-order valence-electron chi connectivity index (χ3n) is 5.53. The lowest BCUT2D eigenvalue weighted by molar-refractivity contribution is -0.144. The highest BCUT2D eigenvalue weighted by Crippen LogP contribution is 2.36. The Morgan fingerprint density at radius 2 is 1.65 bits per heavy atom. The van der Waals surface area contributed by atoms with Crippen molar-refractivity contribution in [1.82, 2.24) is 4.90 Å². The van der Waals surface area contributed by atoms with E-state index in [0.29, 0.717) is 19.6 Å². The normalized spacial score (nSPS) is 21.6. The molecule has 2 aromatic rings. The number of hydrogen-bond donors (Lipinski definition) is 1. The molecule has 2 aliphatic rings. The summed E-state index contributed by atoms with van der Waals surface area (Å²) in [5.74, 6) is -0.307. The Balaban J connectivity index is 1.43. The van der Waals surface area contributed by atoms with Gasteiger partial charge in [-0.05, 0) is 17.7 Å². The first-order chi connectivity index (χ1) is 12.6. The largest absolute Gasteiger partial charge is 0.395 e. The monoisotopic (exact) mass is 350 g/mol. The number of benzene rings is 2. The maximum Gasteiger partial charge on any atom is 0.228 e. The predicted molar refractivity (Wildman–Crippen MR) is 98.7 cm³/mol. The minimum atomic E-state index is -0.376. The first-order valence-electron chi connectivity index (χ1n) is 8.93. The summed E-state index contributed by atoms with van der Waals surface area (Å²) in [7, 11) is 0. The van der Waals surface area contributed by atoms with Crippen molar-refractivity contribution < 1.29 is 14.7 Å². The maximum absolute atomic E-state index is 12.9. The van der Waals surface area contributed by atoms with Gasteiger partial charge in [-0.2, -0.15) is 0 Å². The Morgan fingerprint density at radius 3 is 2.27 bits per heavy atom. The molecule has 2 aliphatic heterocycles. The van der Waals surface area contributed by atoms with Gasteiger partial charge in [-0.1, -0.05) is 48.5 Å². The fourth-order valence-electron chi connectivity index (χ4n) is 3.99. The number of aliphatic hydroxyl groups excluding tert-OH is 1. The Hall–Kier alpha value is -2.66. The molecule has 26 heavy (non-hydrogen) atoms. The molecule has 1 unspecified atom stereocenters. The third kappa shape index (κ3) is 2.78. The molecule has 4 rings (SSSR count). The van der Waals surface area contributed by atoms with E-state index in [1.807, 2.05) is 60.7 Å². The average molecular weight is 350 g/mol. The molecular formula is C21H22N2O3. The van der Waals surface area contributed by atoms with E-state index in [-0.39, 0.29) is 36.2 Å². The fourth-order valence-corrected chi connectivity index (χ4v) is 3.99. The second kappa shape index (κ2) is 6.57. The average Bonchev–Trinajstić information content (AvgIpc) is 3.04. The van der Waals surface area contributed by atoms with Crippen molar-refractivity contribution in [3.63, 3.8) is 0 Å². The lowest BCUT2D eigenvalue weighted by atomic mass is 9.74. The summed E-state index contributed by atoms with van der Waals surface area (Å²) < 4.78 is 0. The lowest BCUT2D eigenvalue weighted by Crippen LogP contribution is -2.64. The summed E-state index contributed by atoms with van der Waals surface area (Å²) in [5, 5.41) is 9.89. The SMILES string of the molecule is O=C(C1CC(=O)N(c2ccccc2)C1)N1CC(CO)(c2ccccc2)C1. The van der Waals surface area contributed by atoms with Gasteiger partial charge in [0.1, 0.15) is 0 Å². The molecule has 0 radical (unpaired) electrons. The van der Waals surface area contributed by atoms with Crippen LogP contribution in [0.25, 0.3) is 0 Å². The second-order valence-electron chi connectivity index (χ2n) is 7.24. The number of aliphatic hydroxyl groups is 1. The van der Waals surface area contributed by atoms with Crippen LogP contribution in [-0.2, 0) is 15.0 Å². The summed E-state index contributed by atoms with van der Waals surface area (Å²) in [5.41, 5.74) is 1.52. The van der Waals surface area contributed by atoms with Crippen LogP contribution in [0.2, 0.25) is 0 Å². The first-order valence-corrected chi connectivity index (χ1v) is 8.93. The van der Waals surface area contributed by atoms with Crippen molar-refractivity contribution in [2.45, 2.75) is 11.8 Å². The summed E-state index contributed by atoms with van der Waals surface area (Å²) in [6.45, 7) is 1.45. The molecule has 0 aliphatic carbocycles. The zero-order valence-corrected chi connectivity index (χ0v) is 14.5. The van der Waals surface area contributed by atoms with Crippen LogP contribution in [0.4, 0.5) is 5.69 Å². The third-order valence-corrected chi connectivity index (χ3v) is 5.53. The molecular weight excluding hydrogens is 328 g/mol. The molecule has 0 bridgehead atoms. The first kappa shape index (κ1) is 16.8. The van der Waals surface area contributed by atoms with Gasteiger partial charge >= 0.3 is 0 Å². The number of carbonyl (C=O) groups is 2. The van der Waals surface area contributed by atoms with Crippen molar-refractivity contribution in [1.29, 1.82) is 0 Å². The molecule has 0 aromatic heterocycles. The summed E-state index contributed by atoms with van der Waals surface area (Å²) in [6, 6.07) is 19.3. The van der Waals surface area contributed by atoms with E-state index in [1.165, 1.54) is 0 Å². The Labute approximate surface area is 152 Å². The van der Waals surface area contributed by atoms with Crippen molar-refractivity contribution in [3.05, 3.63) is 66.2 Å². The molecule has 1 atom stereocenters. The smallest absolute Gasteiger partial charge is 0.228 e. The van der Waals surface area contributed by atoms with Crippen molar-refractivity contribution in [3.8, 4) is 0 Å².